The van der Waals surface area contributed by atoms with E-state index >= 15 is 0 Å². The average molecular weight is 844 g/mol. The molecule has 0 aromatic rings. The summed E-state index contributed by atoms with van der Waals surface area (Å²) in [6.45, 7) is 0. The Morgan fingerprint density at radius 2 is 0.500 bits per heavy atom. The van der Waals surface area contributed by atoms with Crippen molar-refractivity contribution >= 4 is 0 Å². The van der Waals surface area contributed by atoms with Crippen LogP contribution in [-0.2, 0) is 4.47 Å². The first-order valence-corrected chi connectivity index (χ1v) is 16.2. The molecule has 18 heteroatoms. The topological polar surface area (TPSA) is 311 Å². The van der Waals surface area contributed by atoms with Gasteiger partial charge in [0.15, 0.2) is 0 Å². The van der Waals surface area contributed by atoms with Gasteiger partial charge < -0.3 is 0 Å². The van der Waals surface area contributed by atoms with E-state index in [1.807, 2.05) is 0 Å². The van der Waals surface area contributed by atoms with Gasteiger partial charge in [-0.05, 0) is 0 Å². The first-order chi connectivity index (χ1) is 7.41. The number of hydrogen-bond donors (Lipinski definition) is 0. The van der Waals surface area contributed by atoms with Gasteiger partial charge in [-0.25, -0.2) is 0 Å². The summed E-state index contributed by atoms with van der Waals surface area (Å²) >= 11 is -20.3. The summed E-state index contributed by atoms with van der Waals surface area (Å²) in [6.07, 6.45) is 0. The van der Waals surface area contributed by atoms with Gasteiger partial charge in [-0.15, -0.1) is 0 Å². The van der Waals surface area contributed by atoms with Crippen LogP contribution in [0.5, 0.6) is 0 Å². The molecule has 0 fully saturated rings. The van der Waals surface area contributed by atoms with Gasteiger partial charge in [0.05, 0.1) is 0 Å². The predicted molar refractivity (Wildman–Crippen MR) is 2.49 cm³/mol. The monoisotopic (exact) mass is 844 g/mol. The van der Waals surface area contributed by atoms with Crippen LogP contribution in [0.25, 0.3) is 0 Å². The Bertz CT molecular complexity index is 158. The zero-order valence-electron chi connectivity index (χ0n) is 8.35. The van der Waals surface area contributed by atoms with Gasteiger partial charge in [-0.1, -0.05) is 0 Å². The van der Waals surface area contributed by atoms with Crippen LogP contribution in [0.3, 0.4) is 0 Å². The van der Waals surface area contributed by atoms with Crippen molar-refractivity contribution in [2.75, 3.05) is 0 Å². The van der Waals surface area contributed by atoms with Gasteiger partial charge in [-0.3, -0.25) is 41.2 Å². The second-order valence-electron chi connectivity index (χ2n) is 1.22. The summed E-state index contributed by atoms with van der Waals surface area (Å²) in [7, 11) is 0. The van der Waals surface area contributed by atoms with Crippen molar-refractivity contribution in [1.29, 1.82) is 0 Å². The summed E-state index contributed by atoms with van der Waals surface area (Å²) in [5.41, 5.74) is 0. The number of halogens is 3. The summed E-state index contributed by atoms with van der Waals surface area (Å²) in [6, 6.07) is 0. The van der Waals surface area contributed by atoms with Crippen molar-refractivity contribution in [3.63, 3.8) is 0 Å². The van der Waals surface area contributed by atoms with Gasteiger partial charge in [-0.2, -0.15) is 0 Å². The molecule has 0 amide bonds. The molecule has 0 saturated carbocycles. The van der Waals surface area contributed by atoms with Crippen LogP contribution in [0.4, 0.5) is 0 Å². The zero-order valence-corrected chi connectivity index (χ0v) is 18.0. The minimum atomic E-state index is -5.94. The van der Waals surface area contributed by atoms with Gasteiger partial charge in [0.25, 0.3) is 0 Å². The van der Waals surface area contributed by atoms with Gasteiger partial charge in [0.2, 0.25) is 0 Å². The summed E-state index contributed by atoms with van der Waals surface area (Å²) in [5, 5.41) is 0. The van der Waals surface area contributed by atoms with E-state index in [0.29, 0.717) is 0 Å². The molecule has 0 atom stereocenters. The van der Waals surface area contributed by atoms with Crippen LogP contribution in [-0.4, -0.2) is 0 Å². The molecule has 0 aliphatic carbocycles. The zero-order chi connectivity index (χ0) is 16.2. The first kappa shape index (κ1) is 28.5. The van der Waals surface area contributed by atoms with Gasteiger partial charge >= 0.3 is 33.7 Å². The van der Waals surface area contributed by atoms with Gasteiger partial charge in [0, 0.05) is 0 Å². The minimum absolute atomic E-state index is 0. The Labute approximate surface area is 133 Å². The fourth-order valence-electron chi connectivity index (χ4n) is 0. The van der Waals surface area contributed by atoms with Crippen molar-refractivity contribution in [3.8, 4) is 0 Å². The van der Waals surface area contributed by atoms with Gasteiger partial charge in [0.1, 0.15) is 60.3 Å². The molecule has 0 saturated heterocycles. The third-order valence-corrected chi connectivity index (χ3v) is 0. The van der Waals surface area contributed by atoms with Crippen molar-refractivity contribution in [2.45, 2.75) is 0 Å². The summed E-state index contributed by atoms with van der Waals surface area (Å²) < 4.78 is 121. The second kappa shape index (κ2) is 14.3. The van der Waals surface area contributed by atoms with Crippen molar-refractivity contribution in [1.82, 2.24) is 0 Å². The fourth-order valence-corrected chi connectivity index (χ4v) is 0. The van der Waals surface area contributed by atoms with E-state index < -0.39 is 88.1 Å². The van der Waals surface area contributed by atoms with Crippen LogP contribution in [0.2, 0.25) is 0 Å². The number of rotatable bonds is 0. The van der Waals surface area contributed by atoms with E-state index in [-0.39, 0.29) is 1.43 Å². The molecular weight excluding hydrogens is 843 g/mol. The molecule has 0 aliphatic rings. The molecule has 14 nitrogen and oxygen atoms in total. The Hall–Kier alpha value is 2.36. The van der Waals surface area contributed by atoms with Crippen molar-refractivity contribution in [3.05, 3.63) is 0 Å². The Morgan fingerprint density at radius 3 is 0.500 bits per heavy atom. The fraction of sp³-hybridized carbons (Fsp3) is 0. The average Bonchev–Trinajstić information content (AvgIpc) is 1.71. The number of hydrogen-bond acceptors (Lipinski definition) is 14. The first-order valence-electron chi connectivity index (χ1n) is 2.26. The molecule has 110 valence electrons. The second-order valence-corrected chi connectivity index (χ2v) is 8.38. The molecule has 18 heavy (non-hydrogen) atoms. The maximum absolute atomic E-state index is 8.62. The van der Waals surface area contributed by atoms with Crippen LogP contribution in [0.1, 0.15) is 1.43 Å². The Morgan fingerprint density at radius 1 is 0.500 bits per heavy atom. The standard InChI is InChI=1S/3IO4.2O.U/c3*2-1(3,4)5;;;/q3*-1;;;+2/p+1. The van der Waals surface area contributed by atoms with Crippen LogP contribution < -0.4 is 102 Å². The molecule has 0 unspecified atom stereocenters. The Kier molecular flexibility index (Phi) is 22.7. The van der Waals surface area contributed by atoms with Crippen LogP contribution >= 0.6 is 0 Å². The third-order valence-electron chi connectivity index (χ3n) is 0. The van der Waals surface area contributed by atoms with Crippen molar-refractivity contribution < 1.29 is 135 Å². The molecule has 0 aromatic heterocycles. The molecular formula is HI3O14U. The predicted octanol–water partition coefficient (Wildman–Crippen LogP) is -23.4. The van der Waals surface area contributed by atoms with E-state index in [1.165, 1.54) is 0 Å². The summed E-state index contributed by atoms with van der Waals surface area (Å²) in [5.74, 6) is 0. The van der Waals surface area contributed by atoms with Crippen LogP contribution in [0.15, 0.2) is 0 Å². The maximum atomic E-state index is 8.62. The third kappa shape index (κ3) is 992. The van der Waals surface area contributed by atoms with Crippen molar-refractivity contribution in [2.24, 2.45) is 0 Å². The normalized spacial score (nSPS) is 10.4. The molecule has 0 radical (unpaired) electrons. The SMILES string of the molecule is [H+].[O-][I+3]([O-])([O-])[O-].[O-][I+3]([O-])([O-])[O-].[O-][I+3]([O-])([O-])[O-].[O]=[U+2]=[O]. The molecule has 0 heterocycles. The van der Waals surface area contributed by atoms with E-state index in [9.17, 15) is 0 Å². The van der Waals surface area contributed by atoms with E-state index in [0.717, 1.165) is 0 Å². The Balaban J connectivity index is -0.0000000458. The molecule has 0 bridgehead atoms. The van der Waals surface area contributed by atoms with E-state index in [1.54, 1.807) is 0 Å². The molecule has 0 aromatic carbocycles. The van der Waals surface area contributed by atoms with Crippen LogP contribution in [0, 0.1) is 27.8 Å². The quantitative estimate of drug-likeness (QED) is 0.205. The van der Waals surface area contributed by atoms with E-state index in [4.69, 9.17) is 45.7 Å². The van der Waals surface area contributed by atoms with E-state index in [2.05, 4.69) is 0 Å². The molecule has 0 aliphatic heterocycles. The molecule has 0 rings (SSSR count). The molecule has 0 spiro atoms. The molecule has 0 N–H and O–H groups in total. The summed E-state index contributed by atoms with van der Waals surface area (Å²) in [4.78, 5) is 0.